The van der Waals surface area contributed by atoms with E-state index in [1.807, 2.05) is 38.5 Å². The van der Waals surface area contributed by atoms with E-state index in [9.17, 15) is 9.18 Å². The van der Waals surface area contributed by atoms with Gasteiger partial charge in [0.25, 0.3) is 0 Å². The average Bonchev–Trinajstić information content (AvgIpc) is 3.17. The number of carbonyl (C=O) groups excluding carboxylic acids is 1. The van der Waals surface area contributed by atoms with Gasteiger partial charge in [0.05, 0.1) is 5.41 Å². The fourth-order valence-corrected chi connectivity index (χ4v) is 4.59. The van der Waals surface area contributed by atoms with E-state index in [-0.39, 0.29) is 11.7 Å². The topological polar surface area (TPSA) is 36.4 Å². The van der Waals surface area contributed by atoms with Crippen LogP contribution in [0.3, 0.4) is 0 Å². The van der Waals surface area contributed by atoms with Crippen LogP contribution in [0.1, 0.15) is 17.5 Å². The zero-order chi connectivity index (χ0) is 21.8. The molecule has 1 aromatic heterocycles. The summed E-state index contributed by atoms with van der Waals surface area (Å²) in [7, 11) is 3.65. The van der Waals surface area contributed by atoms with Crippen LogP contribution in [0.15, 0.2) is 73.1 Å². The molecule has 160 valence electrons. The van der Waals surface area contributed by atoms with E-state index in [1.54, 1.807) is 23.2 Å². The van der Waals surface area contributed by atoms with Crippen molar-refractivity contribution >= 4 is 5.91 Å². The normalized spacial score (nSPS) is 18.8. The summed E-state index contributed by atoms with van der Waals surface area (Å²) < 4.78 is 13.6. The lowest BCUT2D eigenvalue weighted by molar-refractivity contribution is -0.138. The largest absolute Gasteiger partial charge is 0.348 e. The Labute approximate surface area is 183 Å². The second-order valence-electron chi connectivity index (χ2n) is 8.69. The molecule has 1 aliphatic rings. The molecule has 5 heteroatoms. The van der Waals surface area contributed by atoms with Crippen molar-refractivity contribution in [2.75, 3.05) is 27.2 Å². The molecule has 1 aliphatic heterocycles. The second-order valence-corrected chi connectivity index (χ2v) is 8.69. The molecule has 1 atom stereocenters. The third-order valence-electron chi connectivity index (χ3n) is 6.08. The highest BCUT2D eigenvalue weighted by Crippen LogP contribution is 2.37. The Hall–Kier alpha value is -3.05. The van der Waals surface area contributed by atoms with E-state index in [2.05, 4.69) is 34.1 Å². The number of benzene rings is 2. The first-order valence-electron chi connectivity index (χ1n) is 10.6. The molecular weight excluding hydrogens is 389 g/mol. The van der Waals surface area contributed by atoms with Gasteiger partial charge in [0.1, 0.15) is 5.82 Å². The van der Waals surface area contributed by atoms with Crippen molar-refractivity contribution in [3.63, 3.8) is 0 Å². The molecule has 0 saturated carbocycles. The van der Waals surface area contributed by atoms with Crippen LogP contribution >= 0.6 is 0 Å². The Morgan fingerprint density at radius 1 is 1.06 bits per heavy atom. The van der Waals surface area contributed by atoms with Crippen molar-refractivity contribution in [1.29, 1.82) is 0 Å². The van der Waals surface area contributed by atoms with Crippen molar-refractivity contribution < 1.29 is 9.18 Å². The SMILES string of the molecule is CN(C)C(=O)[C@]1(Cc2ccc(-c3cccnc3)cc2)CCN(Cc2cccc(F)c2)C1. The zero-order valence-corrected chi connectivity index (χ0v) is 18.1. The van der Waals surface area contributed by atoms with Gasteiger partial charge in [0.2, 0.25) is 5.91 Å². The van der Waals surface area contributed by atoms with Gasteiger partial charge in [-0.1, -0.05) is 42.5 Å². The van der Waals surface area contributed by atoms with E-state index in [4.69, 9.17) is 0 Å². The molecule has 0 bridgehead atoms. The molecule has 4 nitrogen and oxygen atoms in total. The second kappa shape index (κ2) is 8.98. The summed E-state index contributed by atoms with van der Waals surface area (Å²) in [5, 5.41) is 0. The first-order chi connectivity index (χ1) is 14.9. The van der Waals surface area contributed by atoms with Crippen molar-refractivity contribution in [2.45, 2.75) is 19.4 Å². The molecule has 0 radical (unpaired) electrons. The summed E-state index contributed by atoms with van der Waals surface area (Å²) in [6, 6.07) is 19.1. The van der Waals surface area contributed by atoms with Crippen LogP contribution in [-0.4, -0.2) is 47.9 Å². The number of amides is 1. The molecule has 1 fully saturated rings. The molecule has 1 amide bonds. The maximum atomic E-state index is 13.6. The standard InChI is InChI=1S/C26H28FN3O/c1-29(2)25(31)26(12-14-30(19-26)18-21-5-3-7-24(27)15-21)16-20-8-10-22(11-9-20)23-6-4-13-28-17-23/h3-11,13,15,17H,12,14,16,18-19H2,1-2H3/t26-/m0/s1. The number of hydrogen-bond acceptors (Lipinski definition) is 3. The van der Waals surface area contributed by atoms with Gasteiger partial charge in [0, 0.05) is 39.6 Å². The minimum absolute atomic E-state index is 0.158. The maximum absolute atomic E-state index is 13.6. The van der Waals surface area contributed by atoms with Crippen molar-refractivity contribution in [3.8, 4) is 11.1 Å². The van der Waals surface area contributed by atoms with Gasteiger partial charge >= 0.3 is 0 Å². The highest BCUT2D eigenvalue weighted by atomic mass is 19.1. The Kier molecular flexibility index (Phi) is 6.14. The van der Waals surface area contributed by atoms with Crippen LogP contribution in [0.5, 0.6) is 0 Å². The number of hydrogen-bond donors (Lipinski definition) is 0. The lowest BCUT2D eigenvalue weighted by atomic mass is 9.79. The minimum atomic E-state index is -0.466. The summed E-state index contributed by atoms with van der Waals surface area (Å²) in [6.45, 7) is 2.15. The van der Waals surface area contributed by atoms with Crippen molar-refractivity contribution in [2.24, 2.45) is 5.41 Å². The molecule has 31 heavy (non-hydrogen) atoms. The van der Waals surface area contributed by atoms with Gasteiger partial charge in [-0.3, -0.25) is 14.7 Å². The first kappa shape index (κ1) is 21.2. The predicted molar refractivity (Wildman–Crippen MR) is 121 cm³/mol. The van der Waals surface area contributed by atoms with Crippen LogP contribution in [0.4, 0.5) is 4.39 Å². The van der Waals surface area contributed by atoms with Crippen LogP contribution in [0.2, 0.25) is 0 Å². The fourth-order valence-electron chi connectivity index (χ4n) is 4.59. The third-order valence-corrected chi connectivity index (χ3v) is 6.08. The molecule has 3 aromatic rings. The Balaban J connectivity index is 1.52. The summed E-state index contributed by atoms with van der Waals surface area (Å²) in [5.74, 6) is -0.0633. The summed E-state index contributed by atoms with van der Waals surface area (Å²) in [6.07, 6.45) is 5.11. The van der Waals surface area contributed by atoms with E-state index in [0.29, 0.717) is 19.5 Å². The van der Waals surface area contributed by atoms with Crippen LogP contribution < -0.4 is 0 Å². The van der Waals surface area contributed by atoms with Gasteiger partial charge in [-0.05, 0) is 59.8 Å². The monoisotopic (exact) mass is 417 g/mol. The number of nitrogens with zero attached hydrogens (tertiary/aromatic N) is 3. The molecule has 1 saturated heterocycles. The molecule has 0 aliphatic carbocycles. The zero-order valence-electron chi connectivity index (χ0n) is 18.1. The fraction of sp³-hybridized carbons (Fsp3) is 0.308. The Morgan fingerprint density at radius 2 is 1.87 bits per heavy atom. The van der Waals surface area contributed by atoms with Gasteiger partial charge in [-0.25, -0.2) is 4.39 Å². The Morgan fingerprint density at radius 3 is 2.55 bits per heavy atom. The highest BCUT2D eigenvalue weighted by Gasteiger charge is 2.45. The number of aromatic nitrogens is 1. The molecule has 0 N–H and O–H groups in total. The third kappa shape index (κ3) is 4.83. The van der Waals surface area contributed by atoms with Gasteiger partial charge in [-0.2, -0.15) is 0 Å². The average molecular weight is 418 g/mol. The van der Waals surface area contributed by atoms with E-state index < -0.39 is 5.41 Å². The lowest BCUT2D eigenvalue weighted by Crippen LogP contribution is -2.43. The molecule has 4 rings (SSSR count). The molecular formula is C26H28FN3O. The van der Waals surface area contributed by atoms with Gasteiger partial charge < -0.3 is 4.90 Å². The maximum Gasteiger partial charge on any atom is 0.229 e. The van der Waals surface area contributed by atoms with Crippen LogP contribution in [0.25, 0.3) is 11.1 Å². The predicted octanol–water partition coefficient (Wildman–Crippen LogP) is 4.41. The van der Waals surface area contributed by atoms with E-state index >= 15 is 0 Å². The summed E-state index contributed by atoms with van der Waals surface area (Å²) in [4.78, 5) is 21.4. The van der Waals surface area contributed by atoms with Gasteiger partial charge in [0.15, 0.2) is 0 Å². The van der Waals surface area contributed by atoms with Crippen molar-refractivity contribution in [3.05, 3.63) is 90.0 Å². The van der Waals surface area contributed by atoms with Crippen molar-refractivity contribution in [1.82, 2.24) is 14.8 Å². The smallest absolute Gasteiger partial charge is 0.229 e. The van der Waals surface area contributed by atoms with E-state index in [0.717, 1.165) is 35.2 Å². The molecule has 0 unspecified atom stereocenters. The number of likely N-dealkylation sites (tertiary alicyclic amines) is 1. The lowest BCUT2D eigenvalue weighted by Gasteiger charge is -2.31. The van der Waals surface area contributed by atoms with E-state index in [1.165, 1.54) is 6.07 Å². The quantitative estimate of drug-likeness (QED) is 0.596. The number of halogens is 1. The number of carbonyl (C=O) groups is 1. The van der Waals surface area contributed by atoms with Crippen LogP contribution in [0, 0.1) is 11.2 Å². The molecule has 2 aromatic carbocycles. The molecule has 2 heterocycles. The highest BCUT2D eigenvalue weighted by molar-refractivity contribution is 5.83. The minimum Gasteiger partial charge on any atom is -0.348 e. The summed E-state index contributed by atoms with van der Waals surface area (Å²) in [5.41, 5.74) is 3.82. The number of pyridine rings is 1. The van der Waals surface area contributed by atoms with Gasteiger partial charge in [-0.15, -0.1) is 0 Å². The first-order valence-corrected chi connectivity index (χ1v) is 10.6. The Bertz CT molecular complexity index is 1040. The van der Waals surface area contributed by atoms with Crippen LogP contribution in [-0.2, 0) is 17.8 Å². The summed E-state index contributed by atoms with van der Waals surface area (Å²) >= 11 is 0. The molecule has 0 spiro atoms. The number of rotatable bonds is 6.